The first-order chi connectivity index (χ1) is 14.3. The maximum atomic E-state index is 6.16. The summed E-state index contributed by atoms with van der Waals surface area (Å²) in [5.74, 6) is 1.85. The largest absolute Gasteiger partial charge is 0.487 e. The molecule has 144 valence electrons. The van der Waals surface area contributed by atoms with Crippen molar-refractivity contribution in [3.63, 3.8) is 0 Å². The summed E-state index contributed by atoms with van der Waals surface area (Å²) in [4.78, 5) is 7.36. The van der Waals surface area contributed by atoms with Crippen molar-refractivity contribution in [3.8, 4) is 5.75 Å². The zero-order chi connectivity index (χ0) is 19.6. The van der Waals surface area contributed by atoms with Crippen LogP contribution in [0.25, 0.3) is 10.9 Å². The summed E-state index contributed by atoms with van der Waals surface area (Å²) in [5, 5.41) is 1.10. The van der Waals surface area contributed by atoms with E-state index in [9.17, 15) is 0 Å². The van der Waals surface area contributed by atoms with Gasteiger partial charge in [-0.15, -0.1) is 0 Å². The van der Waals surface area contributed by atoms with Crippen LogP contribution < -0.4 is 9.64 Å². The van der Waals surface area contributed by atoms with Crippen LogP contribution in [-0.2, 0) is 19.6 Å². The van der Waals surface area contributed by atoms with E-state index in [1.807, 2.05) is 12.1 Å². The highest BCUT2D eigenvalue weighted by Crippen LogP contribution is 2.29. The molecule has 0 atom stereocenters. The summed E-state index contributed by atoms with van der Waals surface area (Å²) in [5.41, 5.74) is 6.19. The highest BCUT2D eigenvalue weighted by atomic mass is 16.5. The van der Waals surface area contributed by atoms with E-state index in [0.717, 1.165) is 47.5 Å². The third-order valence-electron chi connectivity index (χ3n) is 5.64. The Morgan fingerprint density at radius 2 is 1.69 bits per heavy atom. The van der Waals surface area contributed by atoms with Crippen molar-refractivity contribution in [1.82, 2.24) is 4.98 Å². The normalized spacial score (nSPS) is 13.3. The molecule has 0 fully saturated rings. The zero-order valence-electron chi connectivity index (χ0n) is 16.6. The lowest BCUT2D eigenvalue weighted by Gasteiger charge is -2.30. The molecule has 4 aromatic rings. The predicted molar refractivity (Wildman–Crippen MR) is 118 cm³/mol. The van der Waals surface area contributed by atoms with Gasteiger partial charge in [-0.1, -0.05) is 66.2 Å². The molecule has 3 aromatic carbocycles. The van der Waals surface area contributed by atoms with E-state index in [2.05, 4.69) is 78.6 Å². The van der Waals surface area contributed by atoms with Crippen molar-refractivity contribution < 1.29 is 4.74 Å². The first-order valence-corrected chi connectivity index (χ1v) is 10.2. The smallest absolute Gasteiger partial charge is 0.146 e. The van der Waals surface area contributed by atoms with E-state index >= 15 is 0 Å². The molecule has 3 heteroatoms. The van der Waals surface area contributed by atoms with Crippen LogP contribution in [0, 0.1) is 6.92 Å². The molecule has 0 N–H and O–H groups in total. The number of para-hydroxylation sites is 1. The fourth-order valence-corrected chi connectivity index (χ4v) is 3.94. The van der Waals surface area contributed by atoms with E-state index < -0.39 is 0 Å². The zero-order valence-corrected chi connectivity index (χ0v) is 16.6. The third-order valence-corrected chi connectivity index (χ3v) is 5.64. The van der Waals surface area contributed by atoms with Crippen LogP contribution in [0.5, 0.6) is 5.75 Å². The number of ether oxygens (including phenoxy) is 1. The first kappa shape index (κ1) is 17.7. The van der Waals surface area contributed by atoms with E-state index in [-0.39, 0.29) is 0 Å². The number of aryl methyl sites for hydroxylation is 1. The van der Waals surface area contributed by atoms with Gasteiger partial charge in [0.05, 0.1) is 0 Å². The van der Waals surface area contributed by atoms with Gasteiger partial charge >= 0.3 is 0 Å². The molecule has 5 rings (SSSR count). The molecule has 0 radical (unpaired) electrons. The number of hydrogen-bond donors (Lipinski definition) is 0. The highest BCUT2D eigenvalue weighted by molar-refractivity contribution is 5.86. The van der Waals surface area contributed by atoms with Crippen LogP contribution in [0.15, 0.2) is 78.9 Å². The third kappa shape index (κ3) is 3.68. The molecule has 0 amide bonds. The van der Waals surface area contributed by atoms with Crippen LogP contribution in [0.4, 0.5) is 5.82 Å². The van der Waals surface area contributed by atoms with Crippen molar-refractivity contribution in [2.75, 3.05) is 11.4 Å². The minimum absolute atomic E-state index is 0.544. The van der Waals surface area contributed by atoms with Crippen LogP contribution in [0.3, 0.4) is 0 Å². The van der Waals surface area contributed by atoms with Crippen molar-refractivity contribution in [3.05, 3.63) is 101 Å². The van der Waals surface area contributed by atoms with Crippen molar-refractivity contribution in [2.24, 2.45) is 0 Å². The Kier molecular flexibility index (Phi) is 4.65. The van der Waals surface area contributed by atoms with Gasteiger partial charge < -0.3 is 9.64 Å². The second-order valence-electron chi connectivity index (χ2n) is 7.71. The van der Waals surface area contributed by atoms with E-state index in [1.54, 1.807) is 0 Å². The molecule has 0 saturated carbocycles. The SMILES string of the molecule is Cc1ccc(COc2cccc3ccc(N4CCc5ccccc5C4)nc23)cc1. The summed E-state index contributed by atoms with van der Waals surface area (Å²) in [7, 11) is 0. The molecule has 0 spiro atoms. The van der Waals surface area contributed by atoms with E-state index in [1.165, 1.54) is 16.7 Å². The predicted octanol–water partition coefficient (Wildman–Crippen LogP) is 5.68. The molecule has 1 aliphatic rings. The molecule has 0 aliphatic carbocycles. The van der Waals surface area contributed by atoms with Crippen LogP contribution in [0.1, 0.15) is 22.3 Å². The van der Waals surface area contributed by atoms with Crippen molar-refractivity contribution in [2.45, 2.75) is 26.5 Å². The number of nitrogens with zero attached hydrogens (tertiary/aromatic N) is 2. The van der Waals surface area contributed by atoms with Gasteiger partial charge in [-0.05, 0) is 48.2 Å². The number of hydrogen-bond acceptors (Lipinski definition) is 3. The van der Waals surface area contributed by atoms with Gasteiger partial charge in [0.2, 0.25) is 0 Å². The Morgan fingerprint density at radius 3 is 2.55 bits per heavy atom. The van der Waals surface area contributed by atoms with Crippen LogP contribution >= 0.6 is 0 Å². The quantitative estimate of drug-likeness (QED) is 0.455. The van der Waals surface area contributed by atoms with Gasteiger partial charge in [-0.25, -0.2) is 4.98 Å². The minimum atomic E-state index is 0.544. The lowest BCUT2D eigenvalue weighted by molar-refractivity contribution is 0.309. The molecule has 0 bridgehead atoms. The van der Waals surface area contributed by atoms with E-state index in [4.69, 9.17) is 9.72 Å². The summed E-state index contributed by atoms with van der Waals surface area (Å²) in [6.45, 7) is 4.53. The van der Waals surface area contributed by atoms with Gasteiger partial charge in [0.15, 0.2) is 0 Å². The van der Waals surface area contributed by atoms with Gasteiger partial charge in [-0.2, -0.15) is 0 Å². The molecule has 0 saturated heterocycles. The number of anilines is 1. The Labute approximate surface area is 171 Å². The van der Waals surface area contributed by atoms with Crippen molar-refractivity contribution >= 4 is 16.7 Å². The number of fused-ring (bicyclic) bond motifs is 2. The average Bonchev–Trinajstić information content (AvgIpc) is 2.78. The molecule has 2 heterocycles. The molecule has 1 aromatic heterocycles. The molecular weight excluding hydrogens is 356 g/mol. The van der Waals surface area contributed by atoms with Gasteiger partial charge in [0, 0.05) is 18.5 Å². The summed E-state index contributed by atoms with van der Waals surface area (Å²) < 4.78 is 6.16. The van der Waals surface area contributed by atoms with Crippen LogP contribution in [0.2, 0.25) is 0 Å². The van der Waals surface area contributed by atoms with E-state index in [0.29, 0.717) is 6.61 Å². The monoisotopic (exact) mass is 380 g/mol. The second-order valence-corrected chi connectivity index (χ2v) is 7.71. The average molecular weight is 380 g/mol. The number of benzene rings is 3. The van der Waals surface area contributed by atoms with Gasteiger partial charge in [-0.3, -0.25) is 0 Å². The summed E-state index contributed by atoms with van der Waals surface area (Å²) in [6.07, 6.45) is 1.06. The molecule has 3 nitrogen and oxygen atoms in total. The highest BCUT2D eigenvalue weighted by Gasteiger charge is 2.17. The second kappa shape index (κ2) is 7.59. The van der Waals surface area contributed by atoms with Gasteiger partial charge in [0.1, 0.15) is 23.7 Å². The molecule has 0 unspecified atom stereocenters. The number of rotatable bonds is 4. The van der Waals surface area contributed by atoms with Gasteiger partial charge in [0.25, 0.3) is 0 Å². The lowest BCUT2D eigenvalue weighted by atomic mass is 10.00. The number of pyridine rings is 1. The summed E-state index contributed by atoms with van der Waals surface area (Å²) >= 11 is 0. The Morgan fingerprint density at radius 1 is 0.862 bits per heavy atom. The molecular formula is C26H24N2O. The topological polar surface area (TPSA) is 25.4 Å². The fourth-order valence-electron chi connectivity index (χ4n) is 3.94. The van der Waals surface area contributed by atoms with Crippen molar-refractivity contribution in [1.29, 1.82) is 0 Å². The van der Waals surface area contributed by atoms with Crippen LogP contribution in [-0.4, -0.2) is 11.5 Å². The summed E-state index contributed by atoms with van der Waals surface area (Å²) in [6, 6.07) is 27.6. The first-order valence-electron chi connectivity index (χ1n) is 10.2. The molecule has 29 heavy (non-hydrogen) atoms. The maximum absolute atomic E-state index is 6.16. The number of aromatic nitrogens is 1. The molecule has 1 aliphatic heterocycles. The maximum Gasteiger partial charge on any atom is 0.146 e. The Bertz CT molecular complexity index is 1150. The standard InChI is InChI=1S/C26H24N2O/c1-19-9-11-20(12-10-19)18-29-24-8-4-7-22-13-14-25(27-26(22)24)28-16-15-21-5-2-3-6-23(21)17-28/h2-14H,15-18H2,1H3. The fraction of sp³-hybridized carbons (Fsp3) is 0.192. The lowest BCUT2D eigenvalue weighted by Crippen LogP contribution is -2.30. The Hall–Kier alpha value is -3.33. The Balaban J connectivity index is 1.42. The minimum Gasteiger partial charge on any atom is -0.487 e.